The second-order valence-corrected chi connectivity index (χ2v) is 5.03. The Morgan fingerprint density at radius 1 is 1.17 bits per heavy atom. The second-order valence-electron chi connectivity index (χ2n) is 4.62. The lowest BCUT2D eigenvalue weighted by Crippen LogP contribution is -2.14. The maximum atomic E-state index is 12.0. The Kier molecular flexibility index (Phi) is 5.54. The molecule has 120 valence electrons. The third kappa shape index (κ3) is 4.20. The molecular formula is C16H14ClNO5. The average Bonchev–Trinajstić information content (AvgIpc) is 2.52. The summed E-state index contributed by atoms with van der Waals surface area (Å²) in [6.45, 7) is 1.64. The van der Waals surface area contributed by atoms with Gasteiger partial charge in [0.2, 0.25) is 0 Å². The van der Waals surface area contributed by atoms with Crippen molar-refractivity contribution in [3.8, 4) is 5.75 Å². The molecule has 2 aromatic rings. The summed E-state index contributed by atoms with van der Waals surface area (Å²) in [5.41, 5.74) is 0.318. The van der Waals surface area contributed by atoms with Crippen molar-refractivity contribution in [2.24, 2.45) is 0 Å². The van der Waals surface area contributed by atoms with Crippen LogP contribution in [-0.2, 0) is 4.74 Å². The molecule has 0 heterocycles. The molecule has 0 N–H and O–H groups in total. The molecule has 7 heteroatoms. The van der Waals surface area contributed by atoms with E-state index in [4.69, 9.17) is 21.1 Å². The van der Waals surface area contributed by atoms with Crippen molar-refractivity contribution >= 4 is 23.3 Å². The van der Waals surface area contributed by atoms with Crippen LogP contribution >= 0.6 is 11.6 Å². The lowest BCUT2D eigenvalue weighted by atomic mass is 10.1. The molecule has 0 unspecified atom stereocenters. The van der Waals surface area contributed by atoms with E-state index in [0.717, 1.165) is 0 Å². The first-order valence-corrected chi connectivity index (χ1v) is 7.17. The summed E-state index contributed by atoms with van der Waals surface area (Å²) < 4.78 is 10.5. The van der Waals surface area contributed by atoms with Crippen LogP contribution in [0.1, 0.15) is 15.9 Å². The van der Waals surface area contributed by atoms with Gasteiger partial charge in [-0.1, -0.05) is 29.8 Å². The number of benzene rings is 2. The number of halogens is 1. The lowest BCUT2D eigenvalue weighted by molar-refractivity contribution is -0.385. The number of nitro benzene ring substituents is 1. The molecule has 2 rings (SSSR count). The van der Waals surface area contributed by atoms with Crippen molar-refractivity contribution in [3.63, 3.8) is 0 Å². The van der Waals surface area contributed by atoms with Crippen molar-refractivity contribution in [3.05, 3.63) is 68.7 Å². The van der Waals surface area contributed by atoms with Crippen molar-refractivity contribution in [2.45, 2.75) is 6.92 Å². The molecule has 0 fully saturated rings. The fourth-order valence-electron chi connectivity index (χ4n) is 1.97. The van der Waals surface area contributed by atoms with Gasteiger partial charge < -0.3 is 9.47 Å². The highest BCUT2D eigenvalue weighted by Crippen LogP contribution is 2.23. The van der Waals surface area contributed by atoms with Crippen molar-refractivity contribution in [1.29, 1.82) is 0 Å². The fourth-order valence-corrected chi connectivity index (χ4v) is 2.16. The molecule has 0 radical (unpaired) electrons. The summed E-state index contributed by atoms with van der Waals surface area (Å²) in [4.78, 5) is 22.3. The van der Waals surface area contributed by atoms with Gasteiger partial charge in [-0.3, -0.25) is 10.1 Å². The van der Waals surface area contributed by atoms with E-state index in [0.29, 0.717) is 10.8 Å². The maximum Gasteiger partial charge on any atom is 0.338 e. The molecular weight excluding hydrogens is 322 g/mol. The Labute approximate surface area is 137 Å². The summed E-state index contributed by atoms with van der Waals surface area (Å²) in [5, 5.41) is 11.3. The Hall–Kier alpha value is -2.60. The summed E-state index contributed by atoms with van der Waals surface area (Å²) in [6, 6.07) is 11.2. The van der Waals surface area contributed by atoms with Gasteiger partial charge in [-0.05, 0) is 25.1 Å². The number of ether oxygens (including phenoxy) is 2. The van der Waals surface area contributed by atoms with Crippen LogP contribution in [0.2, 0.25) is 5.02 Å². The molecule has 0 aliphatic heterocycles. The number of carbonyl (C=O) groups excluding carboxylic acids is 1. The minimum Gasteiger partial charge on any atom is -0.488 e. The van der Waals surface area contributed by atoms with Crippen LogP contribution in [0, 0.1) is 17.0 Å². The maximum absolute atomic E-state index is 12.0. The smallest absolute Gasteiger partial charge is 0.338 e. The van der Waals surface area contributed by atoms with Gasteiger partial charge in [0.1, 0.15) is 19.0 Å². The molecule has 23 heavy (non-hydrogen) atoms. The number of carbonyl (C=O) groups is 1. The number of hydrogen-bond acceptors (Lipinski definition) is 5. The van der Waals surface area contributed by atoms with Gasteiger partial charge in [-0.25, -0.2) is 4.79 Å². The van der Waals surface area contributed by atoms with E-state index in [2.05, 4.69) is 0 Å². The normalized spacial score (nSPS) is 10.2. The number of para-hydroxylation sites is 1. The van der Waals surface area contributed by atoms with Gasteiger partial charge in [0, 0.05) is 11.6 Å². The zero-order valence-electron chi connectivity index (χ0n) is 12.3. The molecule has 0 spiro atoms. The van der Waals surface area contributed by atoms with Crippen LogP contribution in [-0.4, -0.2) is 24.1 Å². The summed E-state index contributed by atoms with van der Waals surface area (Å²) in [7, 11) is 0. The minimum atomic E-state index is -0.631. The van der Waals surface area contributed by atoms with Crippen molar-refractivity contribution < 1.29 is 19.2 Å². The molecule has 0 saturated carbocycles. The standard InChI is InChI=1S/C16H14ClNO5/c1-11-12(5-4-7-14(11)18(20)21)16(19)23-10-9-22-15-8-3-2-6-13(15)17/h2-8H,9-10H2,1H3. The number of hydrogen-bond donors (Lipinski definition) is 0. The SMILES string of the molecule is Cc1c(C(=O)OCCOc2ccccc2Cl)cccc1[N+](=O)[O-]. The van der Waals surface area contributed by atoms with E-state index in [1.807, 2.05) is 0 Å². The molecule has 2 aromatic carbocycles. The van der Waals surface area contributed by atoms with Crippen molar-refractivity contribution in [1.82, 2.24) is 0 Å². The van der Waals surface area contributed by atoms with E-state index < -0.39 is 10.9 Å². The van der Waals surface area contributed by atoms with Crippen molar-refractivity contribution in [2.75, 3.05) is 13.2 Å². The Bertz CT molecular complexity index is 732. The van der Waals surface area contributed by atoms with Gasteiger partial charge >= 0.3 is 5.97 Å². The van der Waals surface area contributed by atoms with Crippen LogP contribution in [0.15, 0.2) is 42.5 Å². The first kappa shape index (κ1) is 16.8. The topological polar surface area (TPSA) is 78.7 Å². The third-order valence-electron chi connectivity index (χ3n) is 3.13. The van der Waals surface area contributed by atoms with Gasteiger partial charge in [0.25, 0.3) is 5.69 Å². The number of esters is 1. The van der Waals surface area contributed by atoms with Crippen LogP contribution in [0.4, 0.5) is 5.69 Å². The fraction of sp³-hybridized carbons (Fsp3) is 0.188. The first-order chi connectivity index (χ1) is 11.0. The van der Waals surface area contributed by atoms with Gasteiger partial charge in [-0.2, -0.15) is 0 Å². The molecule has 0 amide bonds. The highest BCUT2D eigenvalue weighted by atomic mass is 35.5. The zero-order chi connectivity index (χ0) is 16.8. The largest absolute Gasteiger partial charge is 0.488 e. The first-order valence-electron chi connectivity index (χ1n) is 6.79. The Morgan fingerprint density at radius 2 is 1.91 bits per heavy atom. The van der Waals surface area contributed by atoms with Gasteiger partial charge in [0.15, 0.2) is 0 Å². The second kappa shape index (κ2) is 7.60. The van der Waals surface area contributed by atoms with E-state index >= 15 is 0 Å². The highest BCUT2D eigenvalue weighted by molar-refractivity contribution is 6.32. The summed E-state index contributed by atoms with van der Waals surface area (Å²) in [6.07, 6.45) is 0. The Balaban J connectivity index is 1.92. The zero-order valence-corrected chi connectivity index (χ0v) is 13.1. The molecule has 0 aliphatic carbocycles. The lowest BCUT2D eigenvalue weighted by Gasteiger charge is -2.09. The summed E-state index contributed by atoms with van der Waals surface area (Å²) in [5.74, 6) is -0.134. The van der Waals surface area contributed by atoms with Crippen LogP contribution < -0.4 is 4.74 Å². The Morgan fingerprint density at radius 3 is 2.61 bits per heavy atom. The average molecular weight is 336 g/mol. The molecule has 0 atom stereocenters. The van der Waals surface area contributed by atoms with Crippen LogP contribution in [0.5, 0.6) is 5.75 Å². The number of nitrogens with zero attached hydrogens (tertiary/aromatic N) is 1. The van der Waals surface area contributed by atoms with E-state index in [1.54, 1.807) is 24.3 Å². The van der Waals surface area contributed by atoms with Crippen LogP contribution in [0.25, 0.3) is 0 Å². The molecule has 6 nitrogen and oxygen atoms in total. The van der Waals surface area contributed by atoms with E-state index in [-0.39, 0.29) is 30.0 Å². The predicted octanol–water partition coefficient (Wildman–Crippen LogP) is 3.79. The minimum absolute atomic E-state index is 0.00614. The van der Waals surface area contributed by atoms with Gasteiger partial charge in [0.05, 0.1) is 15.5 Å². The number of rotatable bonds is 6. The third-order valence-corrected chi connectivity index (χ3v) is 3.44. The highest BCUT2D eigenvalue weighted by Gasteiger charge is 2.18. The quantitative estimate of drug-likeness (QED) is 0.347. The monoisotopic (exact) mass is 335 g/mol. The predicted molar refractivity (Wildman–Crippen MR) is 85.1 cm³/mol. The number of nitro groups is 1. The molecule has 0 bridgehead atoms. The van der Waals surface area contributed by atoms with E-state index in [9.17, 15) is 14.9 Å². The molecule has 0 aliphatic rings. The van der Waals surface area contributed by atoms with Crippen LogP contribution in [0.3, 0.4) is 0 Å². The molecule has 0 aromatic heterocycles. The van der Waals surface area contributed by atoms with E-state index in [1.165, 1.54) is 25.1 Å². The van der Waals surface area contributed by atoms with Gasteiger partial charge in [-0.15, -0.1) is 0 Å². The molecule has 0 saturated heterocycles. The summed E-state index contributed by atoms with van der Waals surface area (Å²) >= 11 is 5.93.